The molecule has 0 amide bonds. The molecule has 0 bridgehead atoms. The summed E-state index contributed by atoms with van der Waals surface area (Å²) in [5.41, 5.74) is 10.4. The standard InChI is InChI=1S/C16H15ClFN/c1-9-6-13(14(17)8-15(9)18)16(19)12-7-10-4-2-3-5-11(10)12/h2-6,8,12,16H,7,19H2,1H3. The zero-order chi connectivity index (χ0) is 13.6. The third-order valence-electron chi connectivity index (χ3n) is 3.96. The number of halogens is 2. The van der Waals surface area contributed by atoms with Crippen molar-refractivity contribution in [1.82, 2.24) is 0 Å². The van der Waals surface area contributed by atoms with Gasteiger partial charge >= 0.3 is 0 Å². The highest BCUT2D eigenvalue weighted by Crippen LogP contribution is 2.43. The summed E-state index contributed by atoms with van der Waals surface area (Å²) in [5.74, 6) is -0.00600. The fourth-order valence-corrected chi connectivity index (χ4v) is 3.05. The van der Waals surface area contributed by atoms with Gasteiger partial charge in [-0.25, -0.2) is 4.39 Å². The molecular formula is C16H15ClFN. The Morgan fingerprint density at radius 3 is 2.79 bits per heavy atom. The van der Waals surface area contributed by atoms with Gasteiger partial charge in [-0.15, -0.1) is 0 Å². The lowest BCUT2D eigenvalue weighted by atomic mass is 9.72. The molecule has 3 heteroatoms. The predicted octanol–water partition coefficient (Wildman–Crippen LogP) is 4.13. The molecular weight excluding hydrogens is 261 g/mol. The molecule has 1 aliphatic rings. The molecule has 0 radical (unpaired) electrons. The van der Waals surface area contributed by atoms with E-state index in [2.05, 4.69) is 12.1 Å². The van der Waals surface area contributed by atoms with Crippen LogP contribution in [0.15, 0.2) is 36.4 Å². The minimum absolute atomic E-state index is 0.179. The van der Waals surface area contributed by atoms with Crippen LogP contribution in [0.2, 0.25) is 5.02 Å². The van der Waals surface area contributed by atoms with Crippen LogP contribution < -0.4 is 5.73 Å². The molecule has 0 saturated heterocycles. The van der Waals surface area contributed by atoms with Gasteiger partial charge in [0, 0.05) is 17.0 Å². The van der Waals surface area contributed by atoms with Crippen molar-refractivity contribution in [3.8, 4) is 0 Å². The van der Waals surface area contributed by atoms with Gasteiger partial charge in [0.15, 0.2) is 0 Å². The summed E-state index contributed by atoms with van der Waals surface area (Å²) in [5, 5.41) is 0.417. The maximum Gasteiger partial charge on any atom is 0.127 e. The highest BCUT2D eigenvalue weighted by molar-refractivity contribution is 6.31. The zero-order valence-electron chi connectivity index (χ0n) is 10.7. The average Bonchev–Trinajstić information content (AvgIpc) is 2.35. The molecule has 2 unspecified atom stereocenters. The molecule has 98 valence electrons. The largest absolute Gasteiger partial charge is 0.323 e. The van der Waals surface area contributed by atoms with Crippen LogP contribution >= 0.6 is 11.6 Å². The zero-order valence-corrected chi connectivity index (χ0v) is 11.4. The highest BCUT2D eigenvalue weighted by Gasteiger charge is 2.32. The first-order chi connectivity index (χ1) is 9.08. The Morgan fingerprint density at radius 1 is 1.32 bits per heavy atom. The molecule has 2 N–H and O–H groups in total. The third-order valence-corrected chi connectivity index (χ3v) is 4.29. The SMILES string of the molecule is Cc1cc(C(N)C2Cc3ccccc32)c(Cl)cc1F. The van der Waals surface area contributed by atoms with E-state index in [1.54, 1.807) is 13.0 Å². The summed E-state index contributed by atoms with van der Waals surface area (Å²) >= 11 is 6.13. The molecule has 1 nitrogen and oxygen atoms in total. The van der Waals surface area contributed by atoms with E-state index in [1.807, 2.05) is 12.1 Å². The minimum atomic E-state index is -0.282. The van der Waals surface area contributed by atoms with Crippen LogP contribution in [0.1, 0.15) is 34.2 Å². The molecule has 0 saturated carbocycles. The second-order valence-corrected chi connectivity index (χ2v) is 5.57. The molecule has 2 aromatic carbocycles. The Kier molecular flexibility index (Phi) is 3.08. The van der Waals surface area contributed by atoms with E-state index in [0.717, 1.165) is 12.0 Å². The predicted molar refractivity (Wildman–Crippen MR) is 76.0 cm³/mol. The maximum atomic E-state index is 13.4. The molecule has 0 aliphatic heterocycles. The van der Waals surface area contributed by atoms with E-state index in [0.29, 0.717) is 10.6 Å². The van der Waals surface area contributed by atoms with Gasteiger partial charge in [-0.3, -0.25) is 0 Å². The minimum Gasteiger partial charge on any atom is -0.323 e. The summed E-state index contributed by atoms with van der Waals surface area (Å²) in [4.78, 5) is 0. The fourth-order valence-electron chi connectivity index (χ4n) is 2.77. The van der Waals surface area contributed by atoms with Gasteiger partial charge in [0.25, 0.3) is 0 Å². The second-order valence-electron chi connectivity index (χ2n) is 5.16. The maximum absolute atomic E-state index is 13.4. The van der Waals surface area contributed by atoms with Crippen molar-refractivity contribution in [2.24, 2.45) is 5.73 Å². The number of hydrogen-bond donors (Lipinski definition) is 1. The fraction of sp³-hybridized carbons (Fsp3) is 0.250. The van der Waals surface area contributed by atoms with Crippen molar-refractivity contribution >= 4 is 11.6 Å². The summed E-state index contributed by atoms with van der Waals surface area (Å²) in [7, 11) is 0. The van der Waals surface area contributed by atoms with Crippen LogP contribution in [0, 0.1) is 12.7 Å². The van der Waals surface area contributed by atoms with E-state index >= 15 is 0 Å². The Morgan fingerprint density at radius 2 is 2.05 bits per heavy atom. The summed E-state index contributed by atoms with van der Waals surface area (Å²) in [6.07, 6.45) is 0.962. The summed E-state index contributed by atoms with van der Waals surface area (Å²) in [6.45, 7) is 1.73. The number of aryl methyl sites for hydroxylation is 1. The molecule has 2 atom stereocenters. The quantitative estimate of drug-likeness (QED) is 0.876. The van der Waals surface area contributed by atoms with E-state index in [-0.39, 0.29) is 17.8 Å². The van der Waals surface area contributed by atoms with Crippen LogP contribution in [0.3, 0.4) is 0 Å². The third kappa shape index (κ3) is 2.05. The molecule has 1 aliphatic carbocycles. The van der Waals surface area contributed by atoms with Gasteiger partial charge in [-0.1, -0.05) is 41.9 Å². The topological polar surface area (TPSA) is 26.0 Å². The number of fused-ring (bicyclic) bond motifs is 1. The van der Waals surface area contributed by atoms with Crippen molar-refractivity contribution in [2.45, 2.75) is 25.3 Å². The van der Waals surface area contributed by atoms with Gasteiger partial charge < -0.3 is 5.73 Å². The van der Waals surface area contributed by atoms with E-state index in [9.17, 15) is 4.39 Å². The van der Waals surface area contributed by atoms with Crippen LogP contribution in [-0.4, -0.2) is 0 Å². The monoisotopic (exact) mass is 275 g/mol. The molecule has 0 heterocycles. The van der Waals surface area contributed by atoms with Gasteiger partial charge in [0.2, 0.25) is 0 Å². The van der Waals surface area contributed by atoms with Crippen LogP contribution in [0.4, 0.5) is 4.39 Å². The number of hydrogen-bond acceptors (Lipinski definition) is 1. The molecule has 0 fully saturated rings. The smallest absolute Gasteiger partial charge is 0.127 e. The van der Waals surface area contributed by atoms with Gasteiger partial charge in [-0.2, -0.15) is 0 Å². The van der Waals surface area contributed by atoms with Gasteiger partial charge in [0.05, 0.1) is 0 Å². The molecule has 19 heavy (non-hydrogen) atoms. The Bertz CT molecular complexity index is 639. The lowest BCUT2D eigenvalue weighted by molar-refractivity contribution is 0.498. The first-order valence-corrected chi connectivity index (χ1v) is 6.74. The Hall–Kier alpha value is -1.38. The second kappa shape index (κ2) is 4.62. The summed E-state index contributed by atoms with van der Waals surface area (Å²) in [6, 6.07) is 11.2. The van der Waals surface area contributed by atoms with E-state index in [1.165, 1.54) is 17.2 Å². The van der Waals surface area contributed by atoms with Crippen LogP contribution in [0.25, 0.3) is 0 Å². The lowest BCUT2D eigenvalue weighted by Gasteiger charge is -2.35. The summed E-state index contributed by atoms with van der Waals surface area (Å²) < 4.78 is 13.4. The normalized spacial score (nSPS) is 18.6. The van der Waals surface area contributed by atoms with Gasteiger partial charge in [-0.05, 0) is 41.7 Å². The van der Waals surface area contributed by atoms with Crippen LogP contribution in [-0.2, 0) is 6.42 Å². The number of benzene rings is 2. The molecule has 0 aromatic heterocycles. The Labute approximate surface area is 117 Å². The average molecular weight is 276 g/mol. The number of rotatable bonds is 2. The first kappa shape index (κ1) is 12.6. The first-order valence-electron chi connectivity index (χ1n) is 6.37. The molecule has 3 rings (SSSR count). The van der Waals surface area contributed by atoms with E-state index in [4.69, 9.17) is 17.3 Å². The van der Waals surface area contributed by atoms with Crippen LogP contribution in [0.5, 0.6) is 0 Å². The molecule has 2 aromatic rings. The number of nitrogens with two attached hydrogens (primary N) is 1. The van der Waals surface area contributed by atoms with Gasteiger partial charge in [0.1, 0.15) is 5.82 Å². The van der Waals surface area contributed by atoms with E-state index < -0.39 is 0 Å². The molecule has 0 spiro atoms. The van der Waals surface area contributed by atoms with Crippen molar-refractivity contribution in [2.75, 3.05) is 0 Å². The van der Waals surface area contributed by atoms with Crippen molar-refractivity contribution in [3.05, 3.63) is 69.5 Å². The Balaban J connectivity index is 1.94. The van der Waals surface area contributed by atoms with Crippen molar-refractivity contribution in [3.63, 3.8) is 0 Å². The highest BCUT2D eigenvalue weighted by atomic mass is 35.5. The van der Waals surface area contributed by atoms with Crippen molar-refractivity contribution < 1.29 is 4.39 Å². The lowest BCUT2D eigenvalue weighted by Crippen LogP contribution is -2.29. The van der Waals surface area contributed by atoms with Crippen molar-refractivity contribution in [1.29, 1.82) is 0 Å².